The first-order valence-corrected chi connectivity index (χ1v) is 7.03. The molecule has 1 saturated heterocycles. The molecule has 0 unspecified atom stereocenters. The van der Waals surface area contributed by atoms with E-state index in [1.807, 2.05) is 23.1 Å². The predicted octanol–water partition coefficient (Wildman–Crippen LogP) is -0.126. The zero-order valence-corrected chi connectivity index (χ0v) is 12.4. The molecule has 7 heteroatoms. The Bertz CT molecular complexity index is 730. The molecule has 7 nitrogen and oxygen atoms in total. The van der Waals surface area contributed by atoms with Crippen LogP contribution in [0.3, 0.4) is 0 Å². The quantitative estimate of drug-likeness (QED) is 0.806. The third-order valence-electron chi connectivity index (χ3n) is 3.82. The van der Waals surface area contributed by atoms with Gasteiger partial charge in [-0.2, -0.15) is 0 Å². The molecular formula is C15H20N4O3. The SMILES string of the molecule is Cc1[nH]c(=O)[nH]c(=O)c1N1CCN(c2ccccc2)CC1.O. The monoisotopic (exact) mass is 304 g/mol. The highest BCUT2D eigenvalue weighted by Gasteiger charge is 2.21. The first-order valence-electron chi connectivity index (χ1n) is 7.03. The lowest BCUT2D eigenvalue weighted by molar-refractivity contribution is 0.647. The minimum absolute atomic E-state index is 0. The largest absolute Gasteiger partial charge is 0.412 e. The summed E-state index contributed by atoms with van der Waals surface area (Å²) in [7, 11) is 0. The Morgan fingerprint density at radius 1 is 0.909 bits per heavy atom. The zero-order chi connectivity index (χ0) is 14.8. The minimum Gasteiger partial charge on any atom is -0.412 e. The van der Waals surface area contributed by atoms with Gasteiger partial charge in [-0.15, -0.1) is 0 Å². The molecule has 118 valence electrons. The van der Waals surface area contributed by atoms with Gasteiger partial charge in [-0.25, -0.2) is 4.79 Å². The fraction of sp³-hybridized carbons (Fsp3) is 0.333. The van der Waals surface area contributed by atoms with E-state index in [-0.39, 0.29) is 11.0 Å². The van der Waals surface area contributed by atoms with Crippen molar-refractivity contribution < 1.29 is 5.48 Å². The van der Waals surface area contributed by atoms with E-state index in [9.17, 15) is 9.59 Å². The average Bonchev–Trinajstić information content (AvgIpc) is 2.48. The number of aromatic amines is 2. The number of aryl methyl sites for hydroxylation is 1. The highest BCUT2D eigenvalue weighted by molar-refractivity contribution is 5.52. The van der Waals surface area contributed by atoms with E-state index < -0.39 is 5.69 Å². The first kappa shape index (κ1) is 15.8. The van der Waals surface area contributed by atoms with Crippen molar-refractivity contribution >= 4 is 11.4 Å². The number of hydrogen-bond acceptors (Lipinski definition) is 4. The summed E-state index contributed by atoms with van der Waals surface area (Å²) in [6.45, 7) is 4.97. The molecule has 0 saturated carbocycles. The molecule has 3 rings (SSSR count). The van der Waals surface area contributed by atoms with Crippen LogP contribution in [0.2, 0.25) is 0 Å². The van der Waals surface area contributed by atoms with Crippen LogP contribution >= 0.6 is 0 Å². The van der Waals surface area contributed by atoms with E-state index in [1.165, 1.54) is 5.69 Å². The van der Waals surface area contributed by atoms with Crippen molar-refractivity contribution in [2.75, 3.05) is 36.0 Å². The van der Waals surface area contributed by atoms with Crippen molar-refractivity contribution in [3.05, 3.63) is 56.9 Å². The summed E-state index contributed by atoms with van der Waals surface area (Å²) in [5.41, 5.74) is 1.62. The second-order valence-electron chi connectivity index (χ2n) is 5.19. The Balaban J connectivity index is 0.00000176. The van der Waals surface area contributed by atoms with Gasteiger partial charge < -0.3 is 20.3 Å². The third-order valence-corrected chi connectivity index (χ3v) is 3.82. The van der Waals surface area contributed by atoms with E-state index in [2.05, 4.69) is 27.0 Å². The van der Waals surface area contributed by atoms with Crippen LogP contribution in [-0.4, -0.2) is 41.6 Å². The lowest BCUT2D eigenvalue weighted by atomic mass is 10.2. The molecule has 0 aliphatic carbocycles. The maximum absolute atomic E-state index is 12.0. The van der Waals surface area contributed by atoms with Crippen molar-refractivity contribution in [3.63, 3.8) is 0 Å². The van der Waals surface area contributed by atoms with Crippen molar-refractivity contribution in [2.24, 2.45) is 0 Å². The summed E-state index contributed by atoms with van der Waals surface area (Å²) in [6, 6.07) is 10.2. The van der Waals surface area contributed by atoms with Crippen LogP contribution in [0, 0.1) is 6.92 Å². The summed E-state index contributed by atoms with van der Waals surface area (Å²) in [5.74, 6) is 0. The average molecular weight is 304 g/mol. The summed E-state index contributed by atoms with van der Waals surface area (Å²) in [4.78, 5) is 32.5. The summed E-state index contributed by atoms with van der Waals surface area (Å²) < 4.78 is 0. The van der Waals surface area contributed by atoms with Crippen LogP contribution in [0.25, 0.3) is 0 Å². The number of piperazine rings is 1. The van der Waals surface area contributed by atoms with Crippen LogP contribution in [0.5, 0.6) is 0 Å². The van der Waals surface area contributed by atoms with Gasteiger partial charge in [0.1, 0.15) is 5.69 Å². The number of rotatable bonds is 2. The molecule has 0 spiro atoms. The van der Waals surface area contributed by atoms with Gasteiger partial charge in [0, 0.05) is 37.6 Å². The normalized spacial score (nSPS) is 14.6. The summed E-state index contributed by atoms with van der Waals surface area (Å²) in [5, 5.41) is 0. The Kier molecular flexibility index (Phi) is 4.67. The minimum atomic E-state index is -0.454. The van der Waals surface area contributed by atoms with Gasteiger partial charge in [0.2, 0.25) is 0 Å². The summed E-state index contributed by atoms with van der Waals surface area (Å²) in [6.07, 6.45) is 0. The number of nitrogens with zero attached hydrogens (tertiary/aromatic N) is 2. The molecule has 0 amide bonds. The zero-order valence-electron chi connectivity index (χ0n) is 12.4. The number of anilines is 2. The van der Waals surface area contributed by atoms with Crippen LogP contribution < -0.4 is 21.0 Å². The van der Waals surface area contributed by atoms with Crippen LogP contribution in [0.1, 0.15) is 5.69 Å². The number of aromatic nitrogens is 2. The Morgan fingerprint density at radius 2 is 1.50 bits per heavy atom. The molecule has 4 N–H and O–H groups in total. The van der Waals surface area contributed by atoms with Crippen LogP contribution in [0.15, 0.2) is 39.9 Å². The molecule has 1 aromatic heterocycles. The Labute approximate surface area is 127 Å². The topological polar surface area (TPSA) is 104 Å². The van der Waals surface area contributed by atoms with E-state index >= 15 is 0 Å². The molecule has 2 aromatic rings. The van der Waals surface area contributed by atoms with Crippen molar-refractivity contribution in [1.82, 2.24) is 9.97 Å². The van der Waals surface area contributed by atoms with Crippen molar-refractivity contribution in [2.45, 2.75) is 6.92 Å². The highest BCUT2D eigenvalue weighted by Crippen LogP contribution is 2.18. The van der Waals surface area contributed by atoms with Crippen LogP contribution in [0.4, 0.5) is 11.4 Å². The van der Waals surface area contributed by atoms with Gasteiger partial charge in [-0.1, -0.05) is 18.2 Å². The number of hydrogen-bond donors (Lipinski definition) is 2. The molecule has 0 bridgehead atoms. The smallest absolute Gasteiger partial charge is 0.326 e. The molecule has 1 fully saturated rings. The van der Waals surface area contributed by atoms with E-state index in [0.29, 0.717) is 11.4 Å². The molecule has 22 heavy (non-hydrogen) atoms. The van der Waals surface area contributed by atoms with E-state index in [0.717, 1.165) is 26.2 Å². The maximum atomic E-state index is 12.0. The molecule has 1 aliphatic rings. The molecule has 0 radical (unpaired) electrons. The van der Waals surface area contributed by atoms with Crippen molar-refractivity contribution in [1.29, 1.82) is 0 Å². The van der Waals surface area contributed by atoms with Gasteiger partial charge >= 0.3 is 5.69 Å². The molecule has 0 atom stereocenters. The molecule has 1 aliphatic heterocycles. The number of benzene rings is 1. The Hall–Kier alpha value is -2.54. The molecular weight excluding hydrogens is 284 g/mol. The lowest BCUT2D eigenvalue weighted by Gasteiger charge is -2.37. The van der Waals surface area contributed by atoms with Gasteiger partial charge in [-0.3, -0.25) is 9.78 Å². The van der Waals surface area contributed by atoms with Gasteiger partial charge in [0.05, 0.1) is 0 Å². The summed E-state index contributed by atoms with van der Waals surface area (Å²) >= 11 is 0. The van der Waals surface area contributed by atoms with Gasteiger partial charge in [0.25, 0.3) is 5.56 Å². The number of para-hydroxylation sites is 1. The van der Waals surface area contributed by atoms with Gasteiger partial charge in [0.15, 0.2) is 0 Å². The highest BCUT2D eigenvalue weighted by atomic mass is 16.2. The predicted molar refractivity (Wildman–Crippen MR) is 86.9 cm³/mol. The first-order chi connectivity index (χ1) is 10.1. The lowest BCUT2D eigenvalue weighted by Crippen LogP contribution is -2.48. The molecule has 2 heterocycles. The third kappa shape index (κ3) is 3.04. The second-order valence-corrected chi connectivity index (χ2v) is 5.19. The fourth-order valence-electron chi connectivity index (χ4n) is 2.80. The Morgan fingerprint density at radius 3 is 2.09 bits per heavy atom. The molecule has 1 aromatic carbocycles. The van der Waals surface area contributed by atoms with Gasteiger partial charge in [-0.05, 0) is 19.1 Å². The number of nitrogens with one attached hydrogen (secondary N) is 2. The standard InChI is InChI=1S/C15H18N4O2.H2O/c1-11-13(14(20)17-15(21)16-11)19-9-7-18(8-10-19)12-5-3-2-4-6-12;/h2-6H,7-10H2,1H3,(H2,16,17,20,21);1H2. The number of H-pyrrole nitrogens is 2. The van der Waals surface area contributed by atoms with Crippen molar-refractivity contribution in [3.8, 4) is 0 Å². The van der Waals surface area contributed by atoms with E-state index in [1.54, 1.807) is 6.92 Å². The fourth-order valence-corrected chi connectivity index (χ4v) is 2.80. The van der Waals surface area contributed by atoms with E-state index in [4.69, 9.17) is 0 Å². The van der Waals surface area contributed by atoms with Crippen LogP contribution in [-0.2, 0) is 0 Å². The maximum Gasteiger partial charge on any atom is 0.326 e. The second kappa shape index (κ2) is 6.48.